The highest BCUT2D eigenvalue weighted by atomic mass is 16.7. The molecule has 1 rings (SSSR count). The second kappa shape index (κ2) is 15.6. The number of hydrogen-bond donors (Lipinski definition) is 0. The Labute approximate surface area is 189 Å². The molecule has 10 heteroatoms. The highest BCUT2D eigenvalue weighted by molar-refractivity contribution is 5.67. The smallest absolute Gasteiger partial charge is 0.303 e. The van der Waals surface area contributed by atoms with Crippen LogP contribution in [0.25, 0.3) is 0 Å². The third-order valence-electron chi connectivity index (χ3n) is 4.77. The fourth-order valence-corrected chi connectivity index (χ4v) is 3.40. The molecule has 1 aliphatic rings. The summed E-state index contributed by atoms with van der Waals surface area (Å²) >= 11 is 0. The van der Waals surface area contributed by atoms with E-state index in [4.69, 9.17) is 33.7 Å². The number of carbonyl (C=O) groups excluding carboxylic acids is 3. The van der Waals surface area contributed by atoms with Crippen molar-refractivity contribution in [2.45, 2.75) is 96.9 Å². The van der Waals surface area contributed by atoms with Gasteiger partial charge in [0.2, 0.25) is 0 Å². The van der Waals surface area contributed by atoms with Gasteiger partial charge in [-0.15, -0.1) is 0 Å². The first-order chi connectivity index (χ1) is 15.3. The molecule has 0 amide bonds. The molecule has 0 spiro atoms. The van der Waals surface area contributed by atoms with Gasteiger partial charge in [0.25, 0.3) is 0 Å². The number of nitrogens with zero attached hydrogens (tertiary/aromatic N) is 1. The number of rotatable bonds is 14. The van der Waals surface area contributed by atoms with Crippen LogP contribution in [0.3, 0.4) is 0 Å². The van der Waals surface area contributed by atoms with Crippen molar-refractivity contribution in [3.63, 3.8) is 0 Å². The molecule has 1 saturated heterocycles. The fraction of sp³-hybridized carbons (Fsp3) is 0.818. The van der Waals surface area contributed by atoms with Crippen LogP contribution in [0.1, 0.15) is 66.2 Å². The average molecular weight is 458 g/mol. The summed E-state index contributed by atoms with van der Waals surface area (Å²) in [5.74, 6) is -1.79. The molecule has 10 nitrogen and oxygen atoms in total. The van der Waals surface area contributed by atoms with E-state index >= 15 is 0 Å². The maximum atomic E-state index is 11.7. The largest absolute Gasteiger partial charge is 0.463 e. The third kappa shape index (κ3) is 10.4. The highest BCUT2D eigenvalue weighted by Crippen LogP contribution is 2.30. The Kier molecular flexibility index (Phi) is 13.5. The summed E-state index contributed by atoms with van der Waals surface area (Å²) in [4.78, 5) is 34.8. The van der Waals surface area contributed by atoms with Crippen molar-refractivity contribution in [2.75, 3.05) is 19.8 Å². The summed E-state index contributed by atoms with van der Waals surface area (Å²) in [5, 5.41) is 8.98. The Morgan fingerprint density at radius 2 is 1.47 bits per heavy atom. The molecule has 0 aromatic heterocycles. The van der Waals surface area contributed by atoms with E-state index < -0.39 is 48.6 Å². The zero-order valence-corrected chi connectivity index (χ0v) is 19.4. The molecule has 0 radical (unpaired) electrons. The predicted molar refractivity (Wildman–Crippen MR) is 111 cm³/mol. The minimum absolute atomic E-state index is 0.233. The highest BCUT2D eigenvalue weighted by Gasteiger charge is 2.51. The van der Waals surface area contributed by atoms with Crippen molar-refractivity contribution in [3.8, 4) is 6.07 Å². The Balaban J connectivity index is 2.99. The van der Waals surface area contributed by atoms with E-state index in [0.29, 0.717) is 6.61 Å². The van der Waals surface area contributed by atoms with Crippen LogP contribution in [-0.2, 0) is 42.8 Å². The lowest BCUT2D eigenvalue weighted by molar-refractivity contribution is -0.311. The zero-order valence-electron chi connectivity index (χ0n) is 19.4. The average Bonchev–Trinajstić information content (AvgIpc) is 2.72. The van der Waals surface area contributed by atoms with Gasteiger partial charge in [0.1, 0.15) is 25.4 Å². The molecule has 0 N–H and O–H groups in total. The van der Waals surface area contributed by atoms with E-state index in [-0.39, 0.29) is 13.2 Å². The Morgan fingerprint density at radius 1 is 0.844 bits per heavy atom. The van der Waals surface area contributed by atoms with Crippen molar-refractivity contribution in [1.82, 2.24) is 0 Å². The summed E-state index contributed by atoms with van der Waals surface area (Å²) in [6.07, 6.45) is 1.15. The Bertz CT molecular complexity index is 633. The quantitative estimate of drug-likeness (QED) is 0.218. The van der Waals surface area contributed by atoms with E-state index in [9.17, 15) is 14.4 Å². The van der Waals surface area contributed by atoms with E-state index in [1.54, 1.807) is 0 Å². The number of carbonyl (C=O) groups is 3. The maximum Gasteiger partial charge on any atom is 0.303 e. The summed E-state index contributed by atoms with van der Waals surface area (Å²) in [6.45, 7) is 5.58. The van der Waals surface area contributed by atoms with Gasteiger partial charge in [0, 0.05) is 27.4 Å². The van der Waals surface area contributed by atoms with Crippen LogP contribution in [-0.4, -0.2) is 68.4 Å². The minimum Gasteiger partial charge on any atom is -0.463 e. The van der Waals surface area contributed by atoms with Crippen LogP contribution in [0.15, 0.2) is 0 Å². The molecule has 5 atom stereocenters. The van der Waals surface area contributed by atoms with Crippen LogP contribution in [0.4, 0.5) is 0 Å². The molecule has 0 aromatic rings. The van der Waals surface area contributed by atoms with Gasteiger partial charge < -0.3 is 28.4 Å². The molecule has 0 unspecified atom stereocenters. The van der Waals surface area contributed by atoms with Crippen molar-refractivity contribution < 1.29 is 42.8 Å². The second-order valence-electron chi connectivity index (χ2n) is 7.57. The second-order valence-corrected chi connectivity index (χ2v) is 7.57. The van der Waals surface area contributed by atoms with Crippen LogP contribution >= 0.6 is 0 Å². The summed E-state index contributed by atoms with van der Waals surface area (Å²) < 4.78 is 33.1. The molecule has 1 fully saturated rings. The third-order valence-corrected chi connectivity index (χ3v) is 4.77. The van der Waals surface area contributed by atoms with E-state index in [2.05, 4.69) is 6.92 Å². The van der Waals surface area contributed by atoms with Gasteiger partial charge in [-0.3, -0.25) is 14.4 Å². The van der Waals surface area contributed by atoms with Crippen LogP contribution in [0.5, 0.6) is 0 Å². The fourth-order valence-electron chi connectivity index (χ4n) is 3.40. The van der Waals surface area contributed by atoms with Gasteiger partial charge >= 0.3 is 17.9 Å². The number of esters is 3. The van der Waals surface area contributed by atoms with Crippen molar-refractivity contribution in [2.24, 2.45) is 0 Å². The van der Waals surface area contributed by atoms with Crippen LogP contribution in [0, 0.1) is 11.3 Å². The van der Waals surface area contributed by atoms with Gasteiger partial charge in [-0.2, -0.15) is 5.26 Å². The molecule has 32 heavy (non-hydrogen) atoms. The molecular formula is C22H35NO9. The molecule has 0 saturated carbocycles. The molecule has 1 heterocycles. The van der Waals surface area contributed by atoms with Gasteiger partial charge in [0.05, 0.1) is 6.07 Å². The lowest BCUT2D eigenvalue weighted by Crippen LogP contribution is -2.62. The van der Waals surface area contributed by atoms with Crippen molar-refractivity contribution in [3.05, 3.63) is 0 Å². The molecule has 0 bridgehead atoms. The van der Waals surface area contributed by atoms with Crippen molar-refractivity contribution >= 4 is 17.9 Å². The normalized spacial score (nSPS) is 24.9. The van der Waals surface area contributed by atoms with Gasteiger partial charge in [-0.05, 0) is 6.42 Å². The van der Waals surface area contributed by atoms with E-state index in [1.807, 2.05) is 6.07 Å². The summed E-state index contributed by atoms with van der Waals surface area (Å²) in [7, 11) is 0. The first-order valence-corrected chi connectivity index (χ1v) is 11.0. The summed E-state index contributed by atoms with van der Waals surface area (Å²) in [5.41, 5.74) is 0. The summed E-state index contributed by atoms with van der Waals surface area (Å²) in [6, 6.07) is 1.85. The number of nitriles is 1. The molecule has 0 aliphatic carbocycles. The molecule has 1 aliphatic heterocycles. The first kappa shape index (κ1) is 27.8. The van der Waals surface area contributed by atoms with Gasteiger partial charge in [0.15, 0.2) is 18.5 Å². The Morgan fingerprint density at radius 3 is 2.06 bits per heavy atom. The standard InChI is InChI=1S/C22H35NO9/c1-5-6-7-8-9-10-12-28-22-21(31-17(4)26)20(27-13-11-23)19(30-16(3)25)18(32-22)14-29-15(2)24/h18-22H,5-10,12-14H2,1-4H3/t18-,19+,20+,21-,22-/m1/s1. The monoisotopic (exact) mass is 457 g/mol. The lowest BCUT2D eigenvalue weighted by atomic mass is 9.98. The lowest BCUT2D eigenvalue weighted by Gasteiger charge is -2.44. The zero-order chi connectivity index (χ0) is 23.9. The molecule has 0 aromatic carbocycles. The maximum absolute atomic E-state index is 11.7. The van der Waals surface area contributed by atoms with Gasteiger partial charge in [-0.1, -0.05) is 39.0 Å². The van der Waals surface area contributed by atoms with E-state index in [1.165, 1.54) is 27.2 Å². The molecule has 182 valence electrons. The molecular weight excluding hydrogens is 422 g/mol. The van der Waals surface area contributed by atoms with Gasteiger partial charge in [-0.25, -0.2) is 0 Å². The first-order valence-electron chi connectivity index (χ1n) is 11.0. The number of ether oxygens (including phenoxy) is 6. The van der Waals surface area contributed by atoms with Crippen LogP contribution < -0.4 is 0 Å². The topological polar surface area (TPSA) is 130 Å². The van der Waals surface area contributed by atoms with E-state index in [0.717, 1.165) is 32.1 Å². The minimum atomic E-state index is -1.08. The predicted octanol–water partition coefficient (Wildman–Crippen LogP) is 2.42. The number of unbranched alkanes of at least 4 members (excludes halogenated alkanes) is 5. The Hall–Kier alpha value is -2.22. The van der Waals surface area contributed by atoms with Crippen LogP contribution in [0.2, 0.25) is 0 Å². The SMILES string of the molecule is CCCCCCCCO[C@@H]1O[C@H](COC(C)=O)[C@H](OC(C)=O)[C@H](OCC#N)[C@H]1OC(C)=O. The number of hydrogen-bond acceptors (Lipinski definition) is 10. The van der Waals surface area contributed by atoms with Crippen molar-refractivity contribution in [1.29, 1.82) is 5.26 Å².